The Hall–Kier alpha value is -1.59. The molecule has 1 atom stereocenters. The fourth-order valence-corrected chi connectivity index (χ4v) is 4.26. The minimum Gasteiger partial charge on any atom is -0.353 e. The smallest absolute Gasteiger partial charge is 0.256 e. The Morgan fingerprint density at radius 3 is 2.62 bits per heavy atom. The highest BCUT2D eigenvalue weighted by Crippen LogP contribution is 2.43. The second kappa shape index (κ2) is 6.86. The van der Waals surface area contributed by atoms with Gasteiger partial charge in [0.05, 0.1) is 6.61 Å². The summed E-state index contributed by atoms with van der Waals surface area (Å²) >= 11 is 6.09. The Kier molecular flexibility index (Phi) is 4.70. The van der Waals surface area contributed by atoms with Crippen molar-refractivity contribution in [2.75, 3.05) is 6.61 Å². The maximum atomic E-state index is 13.4. The summed E-state index contributed by atoms with van der Waals surface area (Å²) in [5, 5.41) is 3.55. The van der Waals surface area contributed by atoms with Gasteiger partial charge in [-0.1, -0.05) is 24.6 Å². The van der Waals surface area contributed by atoms with Crippen LogP contribution < -0.4 is 5.32 Å². The van der Waals surface area contributed by atoms with Crippen molar-refractivity contribution in [2.24, 2.45) is 5.92 Å². The standard InChI is InChI=1S/C20H25ClN2O3/c1-13-7-9-20(10-8-13)23(19(25)14-3-2-4-15(21)11-14)17(12-26-20)18(24)22-16-5-6-16/h2-4,11,13,16-17H,5-10,12H2,1H3,(H,22,24)/t13?,17-,20?/m0/s1. The lowest BCUT2D eigenvalue weighted by Gasteiger charge is -2.43. The molecule has 1 aromatic rings. The maximum Gasteiger partial charge on any atom is 0.256 e. The van der Waals surface area contributed by atoms with Crippen molar-refractivity contribution in [3.63, 3.8) is 0 Å². The van der Waals surface area contributed by atoms with Crippen LogP contribution in [0.25, 0.3) is 0 Å². The van der Waals surface area contributed by atoms with Crippen LogP contribution in [-0.4, -0.2) is 41.1 Å². The molecule has 4 rings (SSSR count). The normalized spacial score (nSPS) is 31.2. The molecule has 1 saturated heterocycles. The monoisotopic (exact) mass is 376 g/mol. The van der Waals surface area contributed by atoms with Gasteiger partial charge in [-0.15, -0.1) is 0 Å². The van der Waals surface area contributed by atoms with Gasteiger partial charge in [0.2, 0.25) is 5.91 Å². The molecule has 1 heterocycles. The molecule has 2 aliphatic carbocycles. The molecule has 2 saturated carbocycles. The summed E-state index contributed by atoms with van der Waals surface area (Å²) in [6, 6.07) is 6.61. The van der Waals surface area contributed by atoms with Crippen LogP contribution in [0, 0.1) is 5.92 Å². The van der Waals surface area contributed by atoms with Gasteiger partial charge in [-0.25, -0.2) is 0 Å². The zero-order valence-electron chi connectivity index (χ0n) is 15.0. The number of hydrogen-bond acceptors (Lipinski definition) is 3. The Balaban J connectivity index is 1.64. The van der Waals surface area contributed by atoms with E-state index >= 15 is 0 Å². The lowest BCUT2D eigenvalue weighted by atomic mass is 9.83. The van der Waals surface area contributed by atoms with Crippen LogP contribution in [0.1, 0.15) is 55.8 Å². The van der Waals surface area contributed by atoms with Crippen LogP contribution in [0.2, 0.25) is 5.02 Å². The molecule has 3 aliphatic rings. The number of nitrogens with zero attached hydrogens (tertiary/aromatic N) is 1. The number of nitrogens with one attached hydrogen (secondary N) is 1. The SMILES string of the molecule is CC1CCC2(CC1)OC[C@@H](C(=O)NC1CC1)N2C(=O)c1cccc(Cl)c1. The van der Waals surface area contributed by atoms with E-state index in [0.717, 1.165) is 38.5 Å². The third kappa shape index (κ3) is 3.35. The lowest BCUT2D eigenvalue weighted by molar-refractivity contribution is -0.128. The van der Waals surface area contributed by atoms with E-state index in [9.17, 15) is 9.59 Å². The highest BCUT2D eigenvalue weighted by molar-refractivity contribution is 6.31. The number of hydrogen-bond donors (Lipinski definition) is 1. The fraction of sp³-hybridized carbons (Fsp3) is 0.600. The van der Waals surface area contributed by atoms with Crippen molar-refractivity contribution in [2.45, 2.75) is 63.3 Å². The minimum atomic E-state index is -0.669. The highest BCUT2D eigenvalue weighted by Gasteiger charge is 2.54. The third-order valence-electron chi connectivity index (χ3n) is 5.83. The van der Waals surface area contributed by atoms with Gasteiger partial charge in [0.15, 0.2) is 0 Å². The molecular weight excluding hydrogens is 352 g/mol. The second-order valence-electron chi connectivity index (χ2n) is 7.92. The van der Waals surface area contributed by atoms with Crippen LogP contribution in [-0.2, 0) is 9.53 Å². The molecule has 1 spiro atoms. The van der Waals surface area contributed by atoms with Crippen LogP contribution in [0.15, 0.2) is 24.3 Å². The predicted molar refractivity (Wildman–Crippen MR) is 98.9 cm³/mol. The van der Waals surface area contributed by atoms with Gasteiger partial charge in [0.1, 0.15) is 11.8 Å². The van der Waals surface area contributed by atoms with E-state index in [1.165, 1.54) is 0 Å². The summed E-state index contributed by atoms with van der Waals surface area (Å²) < 4.78 is 6.16. The molecule has 2 amide bonds. The van der Waals surface area contributed by atoms with Crippen molar-refractivity contribution in [3.8, 4) is 0 Å². The first kappa shape index (κ1) is 17.8. The summed E-state index contributed by atoms with van der Waals surface area (Å²) in [5.41, 5.74) is -0.164. The third-order valence-corrected chi connectivity index (χ3v) is 6.07. The van der Waals surface area contributed by atoms with Crippen molar-refractivity contribution in [1.82, 2.24) is 10.2 Å². The minimum absolute atomic E-state index is 0.0987. The predicted octanol–water partition coefficient (Wildman–Crippen LogP) is 3.37. The van der Waals surface area contributed by atoms with Crippen LogP contribution in [0.4, 0.5) is 0 Å². The summed E-state index contributed by atoms with van der Waals surface area (Å²) in [6.07, 6.45) is 5.57. The summed E-state index contributed by atoms with van der Waals surface area (Å²) in [7, 11) is 0. The van der Waals surface area contributed by atoms with Gasteiger partial charge in [0, 0.05) is 16.6 Å². The number of ether oxygens (including phenoxy) is 1. The number of carbonyl (C=O) groups excluding carboxylic acids is 2. The van der Waals surface area contributed by atoms with Crippen molar-refractivity contribution in [1.29, 1.82) is 0 Å². The lowest BCUT2D eigenvalue weighted by Crippen LogP contribution is -2.57. The Morgan fingerprint density at radius 1 is 1.23 bits per heavy atom. The number of carbonyl (C=O) groups is 2. The first-order valence-electron chi connectivity index (χ1n) is 9.52. The number of benzene rings is 1. The molecule has 1 N–H and O–H groups in total. The van der Waals surface area contributed by atoms with E-state index in [2.05, 4.69) is 12.2 Å². The van der Waals surface area contributed by atoms with Gasteiger partial charge >= 0.3 is 0 Å². The van der Waals surface area contributed by atoms with E-state index in [4.69, 9.17) is 16.3 Å². The Bertz CT molecular complexity index is 711. The van der Waals surface area contributed by atoms with Crippen molar-refractivity contribution < 1.29 is 14.3 Å². The first-order chi connectivity index (χ1) is 12.5. The highest BCUT2D eigenvalue weighted by atomic mass is 35.5. The van der Waals surface area contributed by atoms with Gasteiger partial charge in [0.25, 0.3) is 5.91 Å². The topological polar surface area (TPSA) is 58.6 Å². The Morgan fingerprint density at radius 2 is 1.96 bits per heavy atom. The van der Waals surface area contributed by atoms with Crippen LogP contribution >= 0.6 is 11.6 Å². The molecule has 26 heavy (non-hydrogen) atoms. The van der Waals surface area contributed by atoms with E-state index in [0.29, 0.717) is 16.5 Å². The quantitative estimate of drug-likeness (QED) is 0.879. The molecule has 140 valence electrons. The maximum absolute atomic E-state index is 13.4. The van der Waals surface area contributed by atoms with Crippen molar-refractivity contribution >= 4 is 23.4 Å². The van der Waals surface area contributed by atoms with Gasteiger partial charge in [-0.2, -0.15) is 0 Å². The first-order valence-corrected chi connectivity index (χ1v) is 9.90. The van der Waals surface area contributed by atoms with E-state index < -0.39 is 11.8 Å². The molecule has 0 bridgehead atoms. The Labute approximate surface area is 159 Å². The molecule has 6 heteroatoms. The van der Waals surface area contributed by atoms with Gasteiger partial charge < -0.3 is 10.1 Å². The molecule has 1 aromatic carbocycles. The number of amides is 2. The zero-order chi connectivity index (χ0) is 18.3. The fourth-order valence-electron chi connectivity index (χ4n) is 4.07. The molecule has 1 aliphatic heterocycles. The molecule has 0 unspecified atom stereocenters. The molecule has 0 radical (unpaired) electrons. The largest absolute Gasteiger partial charge is 0.353 e. The molecular formula is C20H25ClN2O3. The van der Waals surface area contributed by atoms with E-state index in [1.54, 1.807) is 29.2 Å². The summed E-state index contributed by atoms with van der Waals surface area (Å²) in [5.74, 6) is 0.348. The molecule has 0 aromatic heterocycles. The summed E-state index contributed by atoms with van der Waals surface area (Å²) in [4.78, 5) is 27.9. The van der Waals surface area contributed by atoms with Crippen LogP contribution in [0.3, 0.4) is 0 Å². The average Bonchev–Trinajstić information content (AvgIpc) is 3.36. The average molecular weight is 377 g/mol. The second-order valence-corrected chi connectivity index (χ2v) is 8.36. The van der Waals surface area contributed by atoms with Gasteiger partial charge in [-0.3, -0.25) is 14.5 Å². The zero-order valence-corrected chi connectivity index (χ0v) is 15.8. The number of rotatable bonds is 3. The molecule has 3 fully saturated rings. The van der Waals surface area contributed by atoms with Crippen LogP contribution in [0.5, 0.6) is 0 Å². The van der Waals surface area contributed by atoms with Crippen molar-refractivity contribution in [3.05, 3.63) is 34.9 Å². The number of halogens is 1. The van der Waals surface area contributed by atoms with E-state index in [1.807, 2.05) is 0 Å². The van der Waals surface area contributed by atoms with Gasteiger partial charge in [-0.05, 0) is 62.6 Å². The van der Waals surface area contributed by atoms with E-state index in [-0.39, 0.29) is 24.5 Å². The summed E-state index contributed by atoms with van der Waals surface area (Å²) in [6.45, 7) is 2.49. The molecule has 5 nitrogen and oxygen atoms in total.